The molecule has 0 saturated carbocycles. The van der Waals surface area contributed by atoms with E-state index in [1.165, 1.54) is 12.3 Å². The molecular formula is C18H17ClF3N5O2. The number of aromatic nitrogens is 3. The topological polar surface area (TPSA) is 80.5 Å². The molecule has 0 unspecified atom stereocenters. The zero-order valence-corrected chi connectivity index (χ0v) is 16.4. The summed E-state index contributed by atoms with van der Waals surface area (Å²) in [4.78, 5) is 16.8. The highest BCUT2D eigenvalue weighted by Crippen LogP contribution is 2.32. The van der Waals surface area contributed by atoms with Gasteiger partial charge in [-0.25, -0.2) is 14.3 Å². The number of fused-ring (bicyclic) bond motifs is 1. The number of nitrogens with one attached hydrogen (secondary N) is 2. The number of anilines is 2. The van der Waals surface area contributed by atoms with Crippen LogP contribution in [0.2, 0.25) is 5.02 Å². The number of imidazole rings is 1. The monoisotopic (exact) mass is 427 g/mol. The highest BCUT2D eigenvalue weighted by Gasteiger charge is 2.32. The van der Waals surface area contributed by atoms with Gasteiger partial charge in [-0.2, -0.15) is 5.10 Å². The summed E-state index contributed by atoms with van der Waals surface area (Å²) in [6.45, 7) is 5.76. The number of benzene rings is 1. The molecule has 29 heavy (non-hydrogen) atoms. The lowest BCUT2D eigenvalue weighted by molar-refractivity contribution is -0.274. The summed E-state index contributed by atoms with van der Waals surface area (Å²) >= 11 is 5.80. The fraction of sp³-hybridized carbons (Fsp3) is 0.278. The SMILES string of the molecule is Cc1cn2ncc(NC(=O)Nc3ccc(OC(F)(F)F)c(Cl)c3)c(C(C)C)c2n1. The Balaban J connectivity index is 1.79. The quantitative estimate of drug-likeness (QED) is 0.587. The number of rotatable bonds is 4. The van der Waals surface area contributed by atoms with E-state index in [1.807, 2.05) is 20.8 Å². The number of alkyl halides is 3. The fourth-order valence-corrected chi connectivity index (χ4v) is 3.03. The number of nitrogens with zero attached hydrogens (tertiary/aromatic N) is 3. The molecule has 2 aromatic heterocycles. The predicted molar refractivity (Wildman–Crippen MR) is 103 cm³/mol. The van der Waals surface area contributed by atoms with E-state index in [-0.39, 0.29) is 16.6 Å². The number of amides is 2. The number of carbonyl (C=O) groups excluding carboxylic acids is 1. The molecule has 2 heterocycles. The number of ether oxygens (including phenoxy) is 1. The van der Waals surface area contributed by atoms with Gasteiger partial charge in [0.05, 0.1) is 28.8 Å². The number of urea groups is 1. The summed E-state index contributed by atoms with van der Waals surface area (Å²) in [5.41, 5.74) is 2.89. The third-order valence-corrected chi connectivity index (χ3v) is 4.19. The normalized spacial score (nSPS) is 11.7. The van der Waals surface area contributed by atoms with E-state index in [9.17, 15) is 18.0 Å². The molecule has 154 valence electrons. The molecule has 0 aliphatic rings. The van der Waals surface area contributed by atoms with E-state index in [1.54, 1.807) is 10.7 Å². The van der Waals surface area contributed by atoms with Crippen LogP contribution in [0.5, 0.6) is 5.75 Å². The summed E-state index contributed by atoms with van der Waals surface area (Å²) in [5.74, 6) is -0.512. The van der Waals surface area contributed by atoms with Crippen LogP contribution in [0.1, 0.15) is 31.0 Å². The molecule has 2 amide bonds. The fourth-order valence-electron chi connectivity index (χ4n) is 2.81. The second-order valence-electron chi connectivity index (χ2n) is 6.55. The summed E-state index contributed by atoms with van der Waals surface area (Å²) < 4.78 is 42.4. The number of carbonyl (C=O) groups is 1. The third kappa shape index (κ3) is 4.89. The maximum absolute atomic E-state index is 12.4. The maximum Gasteiger partial charge on any atom is 0.573 e. The van der Waals surface area contributed by atoms with Crippen molar-refractivity contribution in [2.24, 2.45) is 0 Å². The molecule has 3 aromatic rings. The predicted octanol–water partition coefficient (Wildman–Crippen LogP) is 5.36. The number of hydrogen-bond donors (Lipinski definition) is 2. The van der Waals surface area contributed by atoms with Crippen LogP contribution in [0.25, 0.3) is 5.65 Å². The van der Waals surface area contributed by atoms with Gasteiger partial charge in [-0.3, -0.25) is 0 Å². The van der Waals surface area contributed by atoms with Gasteiger partial charge in [0.2, 0.25) is 0 Å². The van der Waals surface area contributed by atoms with Crippen molar-refractivity contribution >= 4 is 34.7 Å². The van der Waals surface area contributed by atoms with Crippen LogP contribution in [0, 0.1) is 6.92 Å². The molecule has 0 radical (unpaired) electrons. The van der Waals surface area contributed by atoms with E-state index in [0.29, 0.717) is 11.3 Å². The second-order valence-corrected chi connectivity index (χ2v) is 6.96. The summed E-state index contributed by atoms with van der Waals surface area (Å²) in [6, 6.07) is 2.81. The largest absolute Gasteiger partial charge is 0.573 e. The lowest BCUT2D eigenvalue weighted by atomic mass is 10.0. The average molecular weight is 428 g/mol. The van der Waals surface area contributed by atoms with Crippen molar-refractivity contribution in [1.29, 1.82) is 0 Å². The average Bonchev–Trinajstić information content (AvgIpc) is 2.95. The molecule has 0 saturated heterocycles. The van der Waals surface area contributed by atoms with E-state index in [4.69, 9.17) is 11.6 Å². The minimum Gasteiger partial charge on any atom is -0.404 e. The first-order valence-corrected chi connectivity index (χ1v) is 8.89. The Labute approximate surface area is 168 Å². The molecule has 0 fully saturated rings. The zero-order valence-electron chi connectivity index (χ0n) is 15.6. The molecule has 1 aromatic carbocycles. The molecule has 0 spiro atoms. The molecule has 11 heteroatoms. The Morgan fingerprint density at radius 1 is 1.28 bits per heavy atom. The number of aryl methyl sites for hydroxylation is 1. The van der Waals surface area contributed by atoms with E-state index in [0.717, 1.165) is 23.4 Å². The van der Waals surface area contributed by atoms with Gasteiger partial charge in [0, 0.05) is 11.3 Å². The summed E-state index contributed by atoms with van der Waals surface area (Å²) in [6.07, 6.45) is -1.58. The Morgan fingerprint density at radius 2 is 2.00 bits per heavy atom. The van der Waals surface area contributed by atoms with Gasteiger partial charge < -0.3 is 15.4 Å². The lowest BCUT2D eigenvalue weighted by Gasteiger charge is -2.15. The van der Waals surface area contributed by atoms with Crippen molar-refractivity contribution < 1.29 is 22.7 Å². The third-order valence-electron chi connectivity index (χ3n) is 3.89. The first-order valence-electron chi connectivity index (χ1n) is 8.51. The Morgan fingerprint density at radius 3 is 2.62 bits per heavy atom. The number of hydrogen-bond acceptors (Lipinski definition) is 4. The van der Waals surface area contributed by atoms with Gasteiger partial charge in [0.1, 0.15) is 5.75 Å². The van der Waals surface area contributed by atoms with Gasteiger partial charge in [-0.1, -0.05) is 25.4 Å². The maximum atomic E-state index is 12.4. The van der Waals surface area contributed by atoms with Gasteiger partial charge in [0.25, 0.3) is 0 Å². The summed E-state index contributed by atoms with van der Waals surface area (Å²) in [5, 5.41) is 9.15. The van der Waals surface area contributed by atoms with Crippen LogP contribution in [0.15, 0.2) is 30.6 Å². The number of halogens is 4. The minimum absolute atomic E-state index is 0.0471. The Kier molecular flexibility index (Phi) is 5.56. The molecule has 0 bridgehead atoms. The van der Waals surface area contributed by atoms with Crippen LogP contribution >= 0.6 is 11.6 Å². The molecule has 7 nitrogen and oxygen atoms in total. The molecule has 3 rings (SSSR count). The van der Waals surface area contributed by atoms with Crippen molar-refractivity contribution in [3.8, 4) is 5.75 Å². The van der Waals surface area contributed by atoms with Crippen LogP contribution in [0.3, 0.4) is 0 Å². The first kappa shape index (κ1) is 20.7. The van der Waals surface area contributed by atoms with Gasteiger partial charge >= 0.3 is 12.4 Å². The van der Waals surface area contributed by atoms with Crippen LogP contribution < -0.4 is 15.4 Å². The molecule has 0 aliphatic carbocycles. The zero-order chi connectivity index (χ0) is 21.3. The van der Waals surface area contributed by atoms with E-state index in [2.05, 4.69) is 25.5 Å². The van der Waals surface area contributed by atoms with Crippen molar-refractivity contribution in [1.82, 2.24) is 14.6 Å². The smallest absolute Gasteiger partial charge is 0.404 e. The Bertz CT molecular complexity index is 1070. The highest BCUT2D eigenvalue weighted by molar-refractivity contribution is 6.32. The standard InChI is InChI=1S/C18H17ClF3N5O2/c1-9(2)15-13(7-23-27-8-10(3)24-16(15)27)26-17(28)25-11-4-5-14(12(19)6-11)29-18(20,21)22/h4-9H,1-3H3,(H2,25,26,28). The first-order chi connectivity index (χ1) is 13.5. The van der Waals surface area contributed by atoms with Crippen molar-refractivity contribution in [2.75, 3.05) is 10.6 Å². The van der Waals surface area contributed by atoms with Gasteiger partial charge in [-0.05, 0) is 31.0 Å². The molecule has 0 atom stereocenters. The lowest BCUT2D eigenvalue weighted by Crippen LogP contribution is -2.21. The van der Waals surface area contributed by atoms with Crippen LogP contribution in [0.4, 0.5) is 29.3 Å². The molecule has 0 aliphatic heterocycles. The van der Waals surface area contributed by atoms with E-state index >= 15 is 0 Å². The van der Waals surface area contributed by atoms with Gasteiger partial charge in [0.15, 0.2) is 5.65 Å². The molecular weight excluding hydrogens is 411 g/mol. The highest BCUT2D eigenvalue weighted by atomic mass is 35.5. The van der Waals surface area contributed by atoms with Gasteiger partial charge in [-0.15, -0.1) is 13.2 Å². The van der Waals surface area contributed by atoms with Crippen molar-refractivity contribution in [3.63, 3.8) is 0 Å². The van der Waals surface area contributed by atoms with Crippen LogP contribution in [-0.2, 0) is 0 Å². The molecule has 2 N–H and O–H groups in total. The summed E-state index contributed by atoms with van der Waals surface area (Å²) in [7, 11) is 0. The second kappa shape index (κ2) is 7.78. The Hall–Kier alpha value is -3.01. The van der Waals surface area contributed by atoms with Crippen molar-refractivity contribution in [3.05, 3.63) is 46.9 Å². The van der Waals surface area contributed by atoms with Crippen LogP contribution in [-0.4, -0.2) is 27.0 Å². The minimum atomic E-state index is -4.86. The van der Waals surface area contributed by atoms with Crippen molar-refractivity contribution in [2.45, 2.75) is 33.1 Å². The van der Waals surface area contributed by atoms with E-state index < -0.39 is 18.1 Å².